The van der Waals surface area contributed by atoms with Crippen LogP contribution in [-0.2, 0) is 4.79 Å². The highest BCUT2D eigenvalue weighted by Crippen LogP contribution is 2.20. The van der Waals surface area contributed by atoms with Gasteiger partial charge in [0.2, 0.25) is 5.91 Å². The average molecular weight is 206 g/mol. The maximum Gasteiger partial charge on any atom is 0.224 e. The number of amides is 1. The van der Waals surface area contributed by atoms with Gasteiger partial charge in [0, 0.05) is 17.7 Å². The SMILES string of the molecule is CCC(=O)Nc1cc(C#N)cc(F)c1C. The molecule has 0 fully saturated rings. The van der Waals surface area contributed by atoms with Crippen molar-refractivity contribution >= 4 is 11.6 Å². The zero-order valence-electron chi connectivity index (χ0n) is 8.60. The molecule has 15 heavy (non-hydrogen) atoms. The molecule has 1 amide bonds. The standard InChI is InChI=1S/C11H11FN2O/c1-3-11(15)14-10-5-8(6-13)4-9(12)7(10)2/h4-5H,3H2,1-2H3,(H,14,15). The van der Waals surface area contributed by atoms with E-state index in [0.29, 0.717) is 17.7 Å². The summed E-state index contributed by atoms with van der Waals surface area (Å²) in [5.41, 5.74) is 0.902. The van der Waals surface area contributed by atoms with Crippen molar-refractivity contribution in [2.24, 2.45) is 0 Å². The van der Waals surface area contributed by atoms with E-state index in [4.69, 9.17) is 5.26 Å². The molecule has 0 bridgehead atoms. The summed E-state index contributed by atoms with van der Waals surface area (Å²) in [5, 5.41) is 11.2. The van der Waals surface area contributed by atoms with Crippen molar-refractivity contribution in [3.05, 3.63) is 29.1 Å². The number of nitriles is 1. The number of carbonyl (C=O) groups excluding carboxylic acids is 1. The van der Waals surface area contributed by atoms with Gasteiger partial charge in [-0.3, -0.25) is 4.79 Å². The Balaban J connectivity index is 3.12. The van der Waals surface area contributed by atoms with Crippen LogP contribution in [0.2, 0.25) is 0 Å². The quantitative estimate of drug-likeness (QED) is 0.807. The molecular formula is C11H11FN2O. The summed E-state index contributed by atoms with van der Waals surface area (Å²) in [6, 6.07) is 4.45. The monoisotopic (exact) mass is 206 g/mol. The fraction of sp³-hybridized carbons (Fsp3) is 0.273. The number of anilines is 1. The topological polar surface area (TPSA) is 52.9 Å². The molecule has 1 rings (SSSR count). The highest BCUT2D eigenvalue weighted by molar-refractivity contribution is 5.91. The van der Waals surface area contributed by atoms with E-state index in [1.54, 1.807) is 13.8 Å². The fourth-order valence-corrected chi connectivity index (χ4v) is 1.11. The molecule has 0 unspecified atom stereocenters. The molecule has 1 N–H and O–H groups in total. The molecule has 0 aliphatic carbocycles. The molecule has 0 atom stereocenters. The number of hydrogen-bond acceptors (Lipinski definition) is 2. The predicted octanol–water partition coefficient (Wildman–Crippen LogP) is 2.35. The lowest BCUT2D eigenvalue weighted by molar-refractivity contribution is -0.115. The molecule has 1 aromatic rings. The van der Waals surface area contributed by atoms with Gasteiger partial charge in [-0.25, -0.2) is 4.39 Å². The lowest BCUT2D eigenvalue weighted by Crippen LogP contribution is -2.11. The summed E-state index contributed by atoms with van der Waals surface area (Å²) in [7, 11) is 0. The summed E-state index contributed by atoms with van der Waals surface area (Å²) < 4.78 is 13.3. The summed E-state index contributed by atoms with van der Waals surface area (Å²) in [6.07, 6.45) is 0.317. The Morgan fingerprint density at radius 1 is 1.60 bits per heavy atom. The Labute approximate surface area is 87.5 Å². The van der Waals surface area contributed by atoms with Crippen LogP contribution >= 0.6 is 0 Å². The van der Waals surface area contributed by atoms with Crippen molar-refractivity contribution in [2.75, 3.05) is 5.32 Å². The number of carbonyl (C=O) groups is 1. The third-order valence-corrected chi connectivity index (χ3v) is 2.07. The molecule has 4 heteroatoms. The Morgan fingerprint density at radius 2 is 2.27 bits per heavy atom. The fourth-order valence-electron chi connectivity index (χ4n) is 1.11. The number of benzene rings is 1. The number of nitrogens with one attached hydrogen (secondary N) is 1. The number of hydrogen-bond donors (Lipinski definition) is 1. The highest BCUT2D eigenvalue weighted by atomic mass is 19.1. The van der Waals surface area contributed by atoms with Gasteiger partial charge in [-0.2, -0.15) is 5.26 Å². The van der Waals surface area contributed by atoms with Gasteiger partial charge in [0.1, 0.15) is 5.82 Å². The first-order valence-corrected chi connectivity index (χ1v) is 4.58. The molecule has 3 nitrogen and oxygen atoms in total. The Morgan fingerprint density at radius 3 is 2.80 bits per heavy atom. The first-order valence-electron chi connectivity index (χ1n) is 4.58. The molecule has 0 aliphatic rings. The third-order valence-electron chi connectivity index (χ3n) is 2.07. The van der Waals surface area contributed by atoms with Gasteiger partial charge >= 0.3 is 0 Å². The molecule has 0 saturated carbocycles. The number of halogens is 1. The van der Waals surface area contributed by atoms with Crippen molar-refractivity contribution in [1.29, 1.82) is 5.26 Å². The van der Waals surface area contributed by atoms with Crippen molar-refractivity contribution in [1.82, 2.24) is 0 Å². The first kappa shape index (κ1) is 11.2. The zero-order chi connectivity index (χ0) is 11.4. The summed E-state index contributed by atoms with van der Waals surface area (Å²) in [5.74, 6) is -0.687. The molecule has 0 aliphatic heterocycles. The molecule has 0 aromatic heterocycles. The van der Waals surface area contributed by atoms with Crippen molar-refractivity contribution in [3.63, 3.8) is 0 Å². The third kappa shape index (κ3) is 2.53. The van der Waals surface area contributed by atoms with E-state index in [2.05, 4.69) is 5.32 Å². The second-order valence-corrected chi connectivity index (χ2v) is 3.14. The molecule has 78 valence electrons. The second kappa shape index (κ2) is 4.56. The molecule has 0 heterocycles. The van der Waals surface area contributed by atoms with Crippen molar-refractivity contribution < 1.29 is 9.18 Å². The largest absolute Gasteiger partial charge is 0.326 e. The van der Waals surface area contributed by atoms with Crippen LogP contribution in [0.25, 0.3) is 0 Å². The second-order valence-electron chi connectivity index (χ2n) is 3.14. The maximum atomic E-state index is 13.3. The molecule has 0 saturated heterocycles. The van der Waals surface area contributed by atoms with Crippen LogP contribution in [0.5, 0.6) is 0 Å². The minimum atomic E-state index is -0.486. The van der Waals surface area contributed by atoms with E-state index in [1.165, 1.54) is 6.07 Å². The summed E-state index contributed by atoms with van der Waals surface area (Å²) in [6.45, 7) is 3.26. The Kier molecular flexibility index (Phi) is 3.40. The van der Waals surface area contributed by atoms with Crippen LogP contribution in [0.1, 0.15) is 24.5 Å². The normalized spacial score (nSPS) is 9.47. The van der Waals surface area contributed by atoms with Gasteiger partial charge < -0.3 is 5.32 Å². The summed E-state index contributed by atoms with van der Waals surface area (Å²) in [4.78, 5) is 11.1. The van der Waals surface area contributed by atoms with Crippen LogP contribution in [0.3, 0.4) is 0 Å². The van der Waals surface area contributed by atoms with E-state index in [9.17, 15) is 9.18 Å². The lowest BCUT2D eigenvalue weighted by atomic mass is 10.1. The maximum absolute atomic E-state index is 13.3. The van der Waals surface area contributed by atoms with Gasteiger partial charge in [0.05, 0.1) is 11.6 Å². The highest BCUT2D eigenvalue weighted by Gasteiger charge is 2.08. The van der Waals surface area contributed by atoms with Crippen LogP contribution in [0.15, 0.2) is 12.1 Å². The molecular weight excluding hydrogens is 195 g/mol. The molecule has 0 radical (unpaired) electrons. The Hall–Kier alpha value is -1.89. The smallest absolute Gasteiger partial charge is 0.224 e. The number of rotatable bonds is 2. The average Bonchev–Trinajstić information content (AvgIpc) is 2.24. The molecule has 1 aromatic carbocycles. The predicted molar refractivity (Wildman–Crippen MR) is 54.8 cm³/mol. The number of nitrogens with zero attached hydrogens (tertiary/aromatic N) is 1. The van der Waals surface area contributed by atoms with Crippen LogP contribution in [0, 0.1) is 24.1 Å². The van der Waals surface area contributed by atoms with E-state index in [0.717, 1.165) is 6.07 Å². The van der Waals surface area contributed by atoms with Gasteiger partial charge in [-0.05, 0) is 19.1 Å². The summed E-state index contributed by atoms with van der Waals surface area (Å²) >= 11 is 0. The van der Waals surface area contributed by atoms with Crippen molar-refractivity contribution in [3.8, 4) is 6.07 Å². The van der Waals surface area contributed by atoms with Gasteiger partial charge in [0.15, 0.2) is 0 Å². The van der Waals surface area contributed by atoms with Gasteiger partial charge in [-0.15, -0.1) is 0 Å². The van der Waals surface area contributed by atoms with Crippen LogP contribution in [0.4, 0.5) is 10.1 Å². The molecule has 0 spiro atoms. The van der Waals surface area contributed by atoms with Gasteiger partial charge in [0.25, 0.3) is 0 Å². The zero-order valence-corrected chi connectivity index (χ0v) is 8.60. The van der Waals surface area contributed by atoms with E-state index < -0.39 is 5.82 Å². The first-order chi connectivity index (χ1) is 7.08. The van der Waals surface area contributed by atoms with E-state index >= 15 is 0 Å². The lowest BCUT2D eigenvalue weighted by Gasteiger charge is -2.08. The van der Waals surface area contributed by atoms with Gasteiger partial charge in [-0.1, -0.05) is 6.92 Å². The minimum absolute atomic E-state index is 0.199. The van der Waals surface area contributed by atoms with E-state index in [-0.39, 0.29) is 11.5 Å². The van der Waals surface area contributed by atoms with Crippen LogP contribution < -0.4 is 5.32 Å². The van der Waals surface area contributed by atoms with E-state index in [1.807, 2.05) is 6.07 Å². The van der Waals surface area contributed by atoms with Crippen molar-refractivity contribution in [2.45, 2.75) is 20.3 Å². The minimum Gasteiger partial charge on any atom is -0.326 e. The Bertz CT molecular complexity index is 435. The van der Waals surface area contributed by atoms with Crippen LogP contribution in [-0.4, -0.2) is 5.91 Å².